The second-order valence-corrected chi connectivity index (χ2v) is 30.5. The molecule has 0 spiro atoms. The molecular weight excluding hydrogens is 1520 g/mol. The maximum atomic E-state index is 13.2. The van der Waals surface area contributed by atoms with Crippen LogP contribution in [0.4, 0.5) is 14.6 Å². The van der Waals surface area contributed by atoms with Gasteiger partial charge in [-0.25, -0.2) is 53.8 Å². The summed E-state index contributed by atoms with van der Waals surface area (Å²) in [5.74, 6) is 1.94. The van der Waals surface area contributed by atoms with Crippen LogP contribution in [0.25, 0.3) is 56.9 Å². The van der Waals surface area contributed by atoms with E-state index in [2.05, 4.69) is 125 Å². The van der Waals surface area contributed by atoms with Crippen molar-refractivity contribution in [1.29, 1.82) is 0 Å². The maximum absolute atomic E-state index is 13.2. The number of pyridine rings is 4. The number of H-pyrrole nitrogens is 1. The van der Waals surface area contributed by atoms with Crippen LogP contribution in [0.15, 0.2) is 170 Å². The van der Waals surface area contributed by atoms with E-state index in [0.29, 0.717) is 79.9 Å². The fourth-order valence-corrected chi connectivity index (χ4v) is 9.84. The lowest BCUT2D eigenvalue weighted by Crippen LogP contribution is -2.11. The fourth-order valence-electron chi connectivity index (χ4n) is 9.74. The zero-order valence-electron chi connectivity index (χ0n) is 62.2. The van der Waals surface area contributed by atoms with E-state index in [1.165, 1.54) is 38.3 Å². The first-order chi connectivity index (χ1) is 51.9. The Kier molecular flexibility index (Phi) is 35.0. The van der Waals surface area contributed by atoms with Crippen molar-refractivity contribution < 1.29 is 37.1 Å². The summed E-state index contributed by atoms with van der Waals surface area (Å²) in [6, 6.07) is 32.8. The van der Waals surface area contributed by atoms with Crippen molar-refractivity contribution in [3.8, 4) is 80.4 Å². The van der Waals surface area contributed by atoms with Crippen LogP contribution >= 0.6 is 50.5 Å². The minimum absolute atomic E-state index is 0. The first kappa shape index (κ1) is 90.6. The van der Waals surface area contributed by atoms with Gasteiger partial charge in [0.25, 0.3) is 5.56 Å². The number of anilines is 1. The molecule has 111 heavy (non-hydrogen) atoms. The highest BCUT2D eigenvalue weighted by Gasteiger charge is 2.18. The highest BCUT2D eigenvalue weighted by Crippen LogP contribution is 2.61. The number of Topliss-reactive ketones (excluding diaryl/α,β-unsaturated/α-hetero) is 1. The Balaban J connectivity index is 0.000000249. The number of nitrogens with zero attached hydrogens (tertiary/aromatic N) is 17. The largest absolute Gasteiger partial charge is 0.479 e. The number of carbonyl (C=O) groups excluding carboxylic acids is 1. The summed E-state index contributed by atoms with van der Waals surface area (Å²) in [5, 5.41) is 23.6. The van der Waals surface area contributed by atoms with Gasteiger partial charge in [-0.1, -0.05) is 43.3 Å². The minimum Gasteiger partial charge on any atom is -0.479 e. The smallest absolute Gasteiger partial charge is 0.339 e. The van der Waals surface area contributed by atoms with Crippen molar-refractivity contribution in [2.24, 2.45) is 5.73 Å². The van der Waals surface area contributed by atoms with Crippen LogP contribution in [0.2, 0.25) is 5.15 Å². The van der Waals surface area contributed by atoms with Crippen molar-refractivity contribution >= 4 is 86.0 Å². The lowest BCUT2D eigenvalue weighted by molar-refractivity contribution is 0.101. The Hall–Kier alpha value is -11.0. The van der Waals surface area contributed by atoms with Crippen LogP contribution in [-0.2, 0) is 4.57 Å². The zero-order valence-corrected chi connectivity index (χ0v) is 66.1. The van der Waals surface area contributed by atoms with Gasteiger partial charge in [0.2, 0.25) is 23.5 Å². The molecule has 13 rings (SSSR count). The Morgan fingerprint density at radius 3 is 1.19 bits per heavy atom. The quantitative estimate of drug-likeness (QED) is 0.0459. The van der Waals surface area contributed by atoms with E-state index in [4.69, 9.17) is 36.3 Å². The number of carbonyl (C=O) groups is 1. The normalized spacial score (nSPS) is 10.9. The Morgan fingerprint density at radius 2 is 0.856 bits per heavy atom. The lowest BCUT2D eigenvalue weighted by Gasteiger charge is -2.16. The number of aromatic amines is 1. The van der Waals surface area contributed by atoms with Gasteiger partial charge in [-0.05, 0) is 209 Å². The molecule has 0 aliphatic heterocycles. The molecule has 0 unspecified atom stereocenters. The second-order valence-electron chi connectivity index (χ2n) is 23.5. The average Bonchev–Trinajstić information content (AvgIpc) is 1.81. The zero-order chi connectivity index (χ0) is 79.8. The number of methoxy groups -OCH3 is 4. The van der Waals surface area contributed by atoms with Crippen LogP contribution in [0.5, 0.6) is 23.5 Å². The fraction of sp³-hybridized carbons (Fsp3) is 0.230. The van der Waals surface area contributed by atoms with E-state index in [9.17, 15) is 22.9 Å². The third-order valence-electron chi connectivity index (χ3n) is 15.3. The predicted octanol–water partition coefficient (Wildman–Crippen LogP) is 15.2. The summed E-state index contributed by atoms with van der Waals surface area (Å²) >= 11 is 19.8. The monoisotopic (exact) mass is 1600 g/mol. The van der Waals surface area contributed by atoms with Crippen LogP contribution in [0.1, 0.15) is 101 Å². The molecule has 27 nitrogen and oxygen atoms in total. The summed E-state index contributed by atoms with van der Waals surface area (Å²) in [5.41, 5.74) is 20.6. The number of rotatable bonds is 16. The molecular formula is C74H79B3Cl4F2N20O7P. The van der Waals surface area contributed by atoms with E-state index < -0.39 is 5.20 Å². The molecule has 0 aliphatic rings. The van der Waals surface area contributed by atoms with E-state index in [0.717, 1.165) is 67.8 Å². The Morgan fingerprint density at radius 1 is 0.514 bits per heavy atom. The molecule has 0 amide bonds. The van der Waals surface area contributed by atoms with Crippen molar-refractivity contribution in [2.45, 2.75) is 88.7 Å². The van der Waals surface area contributed by atoms with Gasteiger partial charge in [-0.3, -0.25) is 14.2 Å². The van der Waals surface area contributed by atoms with Gasteiger partial charge >= 0.3 is 5.20 Å². The molecule has 2 atom stereocenters. The molecule has 0 saturated heterocycles. The van der Waals surface area contributed by atoms with Gasteiger partial charge in [0.1, 0.15) is 57.2 Å². The number of ether oxygens (including phenoxy) is 4. The number of halogens is 6. The number of nitrogens with two attached hydrogens (primary N) is 1. The Labute approximate surface area is 665 Å². The molecule has 11 aromatic heterocycles. The van der Waals surface area contributed by atoms with E-state index in [-0.39, 0.29) is 50.9 Å². The first-order valence-electron chi connectivity index (χ1n) is 32.6. The van der Waals surface area contributed by atoms with Crippen LogP contribution in [0, 0.1) is 60.1 Å². The summed E-state index contributed by atoms with van der Waals surface area (Å²) in [6.07, 6.45) is 14.4. The number of imidazole rings is 4. The summed E-state index contributed by atoms with van der Waals surface area (Å²) in [7, 11) is 14.3. The van der Waals surface area contributed by atoms with Crippen molar-refractivity contribution in [3.63, 3.8) is 0 Å². The maximum Gasteiger partial charge on any atom is 0.339 e. The average molecular weight is 1600 g/mol. The molecule has 2 aromatic carbocycles. The van der Waals surface area contributed by atoms with Crippen molar-refractivity contribution in [2.75, 3.05) is 33.8 Å². The number of ketones is 1. The van der Waals surface area contributed by atoms with Crippen molar-refractivity contribution in [1.82, 2.24) is 88.7 Å². The number of hydrogen-bond donors (Lipinski definition) is 3. The van der Waals surface area contributed by atoms with Crippen LogP contribution in [-0.4, -0.2) is 147 Å². The molecule has 13 aromatic rings. The van der Waals surface area contributed by atoms with Gasteiger partial charge < -0.3 is 48.3 Å². The molecule has 573 valence electrons. The molecule has 7 radical (unpaired) electrons. The van der Waals surface area contributed by atoms with Gasteiger partial charge in [-0.2, -0.15) is 5.10 Å². The molecule has 0 bridgehead atoms. The highest BCUT2D eigenvalue weighted by atomic mass is 36.0. The number of aromatic nitrogens is 18. The van der Waals surface area contributed by atoms with Crippen LogP contribution in [0.3, 0.4) is 0 Å². The summed E-state index contributed by atoms with van der Waals surface area (Å²) in [6.45, 7) is 18.6. The van der Waals surface area contributed by atoms with Gasteiger partial charge in [0, 0.05) is 67.2 Å². The lowest BCUT2D eigenvalue weighted by atomic mass is 9.81. The number of hydrogen-bond acceptors (Lipinski definition) is 22. The van der Waals surface area contributed by atoms with E-state index in [1.54, 1.807) is 96.0 Å². The molecule has 0 aliphatic carbocycles. The highest BCUT2D eigenvalue weighted by molar-refractivity contribution is 8.24. The summed E-state index contributed by atoms with van der Waals surface area (Å²) < 4.78 is 63.8. The number of aryl methyl sites for hydroxylation is 7. The van der Waals surface area contributed by atoms with E-state index in [1.807, 2.05) is 147 Å². The summed E-state index contributed by atoms with van der Waals surface area (Å²) in [4.78, 5) is 57.1. The second kappa shape index (κ2) is 42.8. The third-order valence-corrected chi connectivity index (χ3v) is 15.6. The third kappa shape index (κ3) is 26.4. The van der Waals surface area contributed by atoms with Crippen LogP contribution < -0.4 is 35.6 Å². The van der Waals surface area contributed by atoms with Gasteiger partial charge in [0.05, 0.1) is 99.6 Å². The molecule has 0 fully saturated rings. The van der Waals surface area contributed by atoms with E-state index >= 15 is 0 Å². The molecule has 37 heteroatoms. The molecule has 11 heterocycles. The molecule has 0 saturated carbocycles. The van der Waals surface area contributed by atoms with Crippen molar-refractivity contribution in [3.05, 3.63) is 249 Å². The SMILES string of the molecule is C.COc1nc(-c2cc(C)c(=O)[nH]n2)ccc1-n1cnc(C)c1.COc1nc(-c2cc(C)c(Cl)nn2)ccc1-n1cnc(C)c1.COc1nc(-c2cc(C)c(N[C@@H](C)c3ccc(F)cc3)nn2)ccc1-n1cnc(C)c1.COc1nc(C(C)=O)ccc1-n1cnc(C)c1.C[C@H](N)c1ccc(F)cc1.O=P(Cl)(Cl)Cl.[B].[B][B]. The van der Waals surface area contributed by atoms with Gasteiger partial charge in [-0.15, -0.1) is 20.4 Å². The van der Waals surface area contributed by atoms with Gasteiger partial charge in [0.15, 0.2) is 16.8 Å². The standard InChI is InChI=1S/C23H23FN6O.C15H14ClN5O.C15H15N5O2.C12H13N3O2.C8H10FN.CH4.B2.B.Cl3OP/c1-14-11-20(28-29-22(14)26-16(3)17-5-7-18(24)8-6-17)19-9-10-21(23(27-19)31-4)30-12-15(2)25-13-30;1-9-6-12(19-20-14(9)16)11-4-5-13(15(18-11)22-3)21-7-10(2)17-8-21;1-9-6-12(18-19-14(9)21)11-4-5-13(15(17-11)22-3)20-7-10(2)16-8-20;1-8-6-15(7-13-8)11-5-4-10(9(2)16)14-12(11)17-3;1-6(10)7-2-4-8(9)5-3-7;;1-2;;1-5(2,3)4/h5-13,16H,1-4H3,(H,26,29);4-8H,1-3H3;4-8H,1-3H3,(H,19,21);4-7H,1-3H3;2-6H,10H2,1H3;1H4;;;/t16-;;;;6-;;;;/m0...0..../s1. The Bertz CT molecular complexity index is 5300. The topological polar surface area (TPSA) is 329 Å². The number of benzene rings is 2. The minimum atomic E-state index is -3.22. The first-order valence-corrected chi connectivity index (χ1v) is 37.4. The number of nitrogens with one attached hydrogen (secondary N) is 2. The predicted molar refractivity (Wildman–Crippen MR) is 432 cm³/mol. The molecule has 4 N–H and O–H groups in total.